The molecule has 0 radical (unpaired) electrons. The molecule has 10 heteroatoms. The van der Waals surface area contributed by atoms with Crippen LogP contribution in [-0.2, 0) is 10.0 Å². The fourth-order valence-electron chi connectivity index (χ4n) is 3.39. The van der Waals surface area contributed by atoms with Crippen LogP contribution in [0.25, 0.3) is 17.0 Å². The van der Waals surface area contributed by atoms with Crippen molar-refractivity contribution in [1.29, 1.82) is 5.26 Å². The molecule has 0 bridgehead atoms. The maximum Gasteiger partial charge on any atom is 0.229 e. The van der Waals surface area contributed by atoms with Gasteiger partial charge in [-0.15, -0.1) is 0 Å². The lowest BCUT2D eigenvalue weighted by Gasteiger charge is -2.16. The molecule has 0 aliphatic heterocycles. The van der Waals surface area contributed by atoms with Gasteiger partial charge in [0.1, 0.15) is 17.4 Å². The fraction of sp³-hybridized carbons (Fsp3) is 0.182. The van der Waals surface area contributed by atoms with Crippen molar-refractivity contribution in [2.45, 2.75) is 19.9 Å². The highest BCUT2D eigenvalue weighted by Crippen LogP contribution is 2.26. The minimum absolute atomic E-state index is 0.160. The summed E-state index contributed by atoms with van der Waals surface area (Å²) in [5.41, 5.74) is 4.77. The molecule has 0 fully saturated rings. The first-order valence-corrected chi connectivity index (χ1v) is 11.7. The number of hydrogen-bond donors (Lipinski definition) is 2. The molecule has 0 saturated heterocycles. The topological polar surface area (TPSA) is 125 Å². The van der Waals surface area contributed by atoms with Crippen LogP contribution in [0.5, 0.6) is 0 Å². The van der Waals surface area contributed by atoms with Gasteiger partial charge >= 0.3 is 0 Å². The summed E-state index contributed by atoms with van der Waals surface area (Å²) in [5, 5.41) is 12.8. The van der Waals surface area contributed by atoms with E-state index in [0.29, 0.717) is 28.6 Å². The Balaban J connectivity index is 1.63. The summed E-state index contributed by atoms with van der Waals surface area (Å²) in [7, 11) is -3.33. The Labute approximate surface area is 185 Å². The Morgan fingerprint density at radius 3 is 2.56 bits per heavy atom. The number of nitriles is 1. The van der Waals surface area contributed by atoms with Crippen molar-refractivity contribution in [3.8, 4) is 17.5 Å². The smallest absolute Gasteiger partial charge is 0.229 e. The predicted octanol–water partition coefficient (Wildman–Crippen LogP) is 3.52. The van der Waals surface area contributed by atoms with Crippen LogP contribution in [0.4, 0.5) is 11.6 Å². The largest absolute Gasteiger partial charge is 0.348 e. The quantitative estimate of drug-likeness (QED) is 0.463. The molecule has 2 N–H and O–H groups in total. The van der Waals surface area contributed by atoms with E-state index in [2.05, 4.69) is 31.1 Å². The Bertz CT molecular complexity index is 1440. The van der Waals surface area contributed by atoms with Gasteiger partial charge in [0.15, 0.2) is 0 Å². The number of imidazole rings is 1. The molecule has 3 heterocycles. The number of sulfonamides is 1. The minimum atomic E-state index is -3.33. The number of nitrogens with zero attached hydrogens (tertiary/aromatic N) is 5. The van der Waals surface area contributed by atoms with Gasteiger partial charge in [-0.2, -0.15) is 5.26 Å². The molecule has 4 rings (SSSR count). The fourth-order valence-corrected chi connectivity index (χ4v) is 3.95. The maximum atomic E-state index is 11.4. The number of nitrogens with one attached hydrogen (secondary N) is 2. The van der Waals surface area contributed by atoms with Gasteiger partial charge < -0.3 is 5.32 Å². The molecule has 0 aliphatic rings. The third kappa shape index (κ3) is 4.38. The van der Waals surface area contributed by atoms with Gasteiger partial charge in [-0.3, -0.25) is 9.12 Å². The van der Waals surface area contributed by atoms with Crippen molar-refractivity contribution < 1.29 is 8.42 Å². The van der Waals surface area contributed by atoms with E-state index in [4.69, 9.17) is 0 Å². The molecule has 0 unspecified atom stereocenters. The highest BCUT2D eigenvalue weighted by atomic mass is 32.2. The van der Waals surface area contributed by atoms with Gasteiger partial charge in [-0.05, 0) is 43.2 Å². The molecule has 3 aromatic heterocycles. The third-order valence-corrected chi connectivity index (χ3v) is 5.55. The maximum absolute atomic E-state index is 11.4. The number of fused-ring (bicyclic) bond motifs is 1. The van der Waals surface area contributed by atoms with Crippen LogP contribution in [0.1, 0.15) is 29.7 Å². The summed E-state index contributed by atoms with van der Waals surface area (Å²) >= 11 is 0. The van der Waals surface area contributed by atoms with E-state index in [1.807, 2.05) is 48.7 Å². The van der Waals surface area contributed by atoms with Crippen molar-refractivity contribution in [2.75, 3.05) is 16.3 Å². The zero-order valence-electron chi connectivity index (χ0n) is 17.7. The van der Waals surface area contributed by atoms with E-state index in [9.17, 15) is 13.7 Å². The summed E-state index contributed by atoms with van der Waals surface area (Å²) in [6.45, 7) is 3.92. The van der Waals surface area contributed by atoms with Crippen LogP contribution in [0.15, 0.2) is 55.0 Å². The first-order valence-electron chi connectivity index (χ1n) is 9.79. The molecule has 0 amide bonds. The third-order valence-electron chi connectivity index (χ3n) is 4.94. The molecule has 0 aliphatic carbocycles. The lowest BCUT2D eigenvalue weighted by molar-refractivity contribution is 0.607. The van der Waals surface area contributed by atoms with E-state index >= 15 is 0 Å². The van der Waals surface area contributed by atoms with Crippen LogP contribution in [0, 0.1) is 18.3 Å². The second-order valence-electron chi connectivity index (χ2n) is 7.46. The lowest BCUT2D eigenvalue weighted by atomic mass is 10.1. The molecule has 1 atom stereocenters. The number of hydrogen-bond acceptors (Lipinski definition) is 7. The summed E-state index contributed by atoms with van der Waals surface area (Å²) in [6, 6.07) is 12.9. The van der Waals surface area contributed by atoms with Gasteiger partial charge in [0, 0.05) is 11.9 Å². The van der Waals surface area contributed by atoms with Gasteiger partial charge in [0.2, 0.25) is 16.0 Å². The normalized spacial score (nSPS) is 12.3. The monoisotopic (exact) mass is 447 g/mol. The Kier molecular flexibility index (Phi) is 5.50. The number of aromatic nitrogens is 4. The molecule has 162 valence electrons. The van der Waals surface area contributed by atoms with Crippen molar-refractivity contribution in [3.63, 3.8) is 0 Å². The standard InChI is InChI=1S/C22H21N7O2S/c1-14-5-4-10-29-19(13-24-21(14)29)20-17(11-23)12-25-22(27-20)26-15(2)16-6-8-18(9-7-16)28-32(3,30)31/h4-10,12-13,15,28H,1-3H3,(H,25,26,27)/t15-/m0/s1. The SMILES string of the molecule is Cc1cccn2c(-c3nc(N[C@@H](C)c4ccc(NS(C)(=O)=O)cc4)ncc3C#N)cnc12. The van der Waals surface area contributed by atoms with E-state index in [1.165, 1.54) is 6.20 Å². The van der Waals surface area contributed by atoms with Crippen LogP contribution in [0.3, 0.4) is 0 Å². The van der Waals surface area contributed by atoms with Crippen molar-refractivity contribution in [3.05, 3.63) is 71.7 Å². The van der Waals surface area contributed by atoms with Crippen LogP contribution in [-0.4, -0.2) is 34.0 Å². The van der Waals surface area contributed by atoms with E-state index < -0.39 is 10.0 Å². The molecule has 0 saturated carbocycles. The van der Waals surface area contributed by atoms with Crippen LogP contribution < -0.4 is 10.0 Å². The lowest BCUT2D eigenvalue weighted by Crippen LogP contribution is -2.12. The van der Waals surface area contributed by atoms with Crippen molar-refractivity contribution in [1.82, 2.24) is 19.4 Å². The van der Waals surface area contributed by atoms with Gasteiger partial charge in [0.25, 0.3) is 0 Å². The van der Waals surface area contributed by atoms with Crippen LogP contribution in [0.2, 0.25) is 0 Å². The Morgan fingerprint density at radius 1 is 1.12 bits per heavy atom. The van der Waals surface area contributed by atoms with E-state index in [1.54, 1.807) is 18.3 Å². The zero-order valence-corrected chi connectivity index (χ0v) is 18.6. The van der Waals surface area contributed by atoms with E-state index in [-0.39, 0.29) is 6.04 Å². The molecule has 1 aromatic carbocycles. The first-order chi connectivity index (χ1) is 15.2. The number of aryl methyl sites for hydroxylation is 1. The van der Waals surface area contributed by atoms with Gasteiger partial charge in [0.05, 0.1) is 35.9 Å². The van der Waals surface area contributed by atoms with Crippen molar-refractivity contribution >= 4 is 27.3 Å². The van der Waals surface area contributed by atoms with Gasteiger partial charge in [-0.25, -0.2) is 23.4 Å². The summed E-state index contributed by atoms with van der Waals surface area (Å²) < 4.78 is 27.1. The molecule has 4 aromatic rings. The molecule has 32 heavy (non-hydrogen) atoms. The second kappa shape index (κ2) is 8.28. The number of benzene rings is 1. The summed E-state index contributed by atoms with van der Waals surface area (Å²) in [5.74, 6) is 0.368. The van der Waals surface area contributed by atoms with Crippen molar-refractivity contribution in [2.24, 2.45) is 0 Å². The zero-order chi connectivity index (χ0) is 22.9. The Morgan fingerprint density at radius 2 is 1.88 bits per heavy atom. The molecule has 0 spiro atoms. The molecular weight excluding hydrogens is 426 g/mol. The second-order valence-corrected chi connectivity index (χ2v) is 9.21. The average Bonchev–Trinajstić information content (AvgIpc) is 3.18. The predicted molar refractivity (Wildman–Crippen MR) is 123 cm³/mol. The molecule has 9 nitrogen and oxygen atoms in total. The highest BCUT2D eigenvalue weighted by Gasteiger charge is 2.16. The number of pyridine rings is 1. The number of anilines is 2. The summed E-state index contributed by atoms with van der Waals surface area (Å²) in [4.78, 5) is 13.3. The average molecular weight is 448 g/mol. The van der Waals surface area contributed by atoms with E-state index in [0.717, 1.165) is 23.0 Å². The minimum Gasteiger partial charge on any atom is -0.348 e. The molecular formula is C22H21N7O2S. The highest BCUT2D eigenvalue weighted by molar-refractivity contribution is 7.92. The summed E-state index contributed by atoms with van der Waals surface area (Å²) in [6.07, 6.45) is 6.18. The number of rotatable bonds is 6. The Hall–Kier alpha value is -3.97. The van der Waals surface area contributed by atoms with Crippen LogP contribution >= 0.6 is 0 Å². The first kappa shape index (κ1) is 21.3. The van der Waals surface area contributed by atoms with Gasteiger partial charge in [-0.1, -0.05) is 18.2 Å².